The lowest BCUT2D eigenvalue weighted by Crippen LogP contribution is -1.84. The van der Waals surface area contributed by atoms with E-state index in [-0.39, 0.29) is 5.13 Å². The summed E-state index contributed by atoms with van der Waals surface area (Å²) in [5.74, 6) is 0. The molecule has 6 heterocycles. The van der Waals surface area contributed by atoms with E-state index in [0.29, 0.717) is 5.69 Å². The number of halogens is 1. The number of thiophene rings is 1. The van der Waals surface area contributed by atoms with E-state index >= 15 is 0 Å². The molecule has 0 bridgehead atoms. The summed E-state index contributed by atoms with van der Waals surface area (Å²) in [6.45, 7) is 0. The van der Waals surface area contributed by atoms with Gasteiger partial charge in [-0.05, 0) is 30.3 Å². The molecule has 0 aromatic carbocycles. The van der Waals surface area contributed by atoms with Gasteiger partial charge in [-0.2, -0.15) is 14.6 Å². The van der Waals surface area contributed by atoms with Crippen molar-refractivity contribution < 1.29 is 4.39 Å². The molecule has 0 aliphatic heterocycles. The number of fused-ring (bicyclic) bond motifs is 2. The summed E-state index contributed by atoms with van der Waals surface area (Å²) in [5, 5.41) is 15.0. The Morgan fingerprint density at radius 1 is 1.00 bits per heavy atom. The molecule has 6 aromatic rings. The highest BCUT2D eigenvalue weighted by Gasteiger charge is 2.16. The molecule has 0 aliphatic rings. The standard InChI is InChI=1S/C20H12FN7S/c21-18-4-3-17(29-18)12-8-22-9-16-11(12)5-15(25-16)20-19-14(27-28-20)2-1-13(26-19)10-6-23-24-7-10/h1-9,25H,(H,23,24)(H,27,28). The number of aromatic nitrogens is 7. The summed E-state index contributed by atoms with van der Waals surface area (Å²) in [5.41, 5.74) is 6.57. The lowest BCUT2D eigenvalue weighted by molar-refractivity contribution is 0.657. The van der Waals surface area contributed by atoms with Crippen molar-refractivity contribution in [2.24, 2.45) is 0 Å². The second kappa shape index (κ2) is 6.08. The Morgan fingerprint density at radius 2 is 1.97 bits per heavy atom. The van der Waals surface area contributed by atoms with Crippen LogP contribution in [-0.2, 0) is 0 Å². The first kappa shape index (κ1) is 16.1. The van der Waals surface area contributed by atoms with Crippen LogP contribution in [0.4, 0.5) is 4.39 Å². The molecule has 0 unspecified atom stereocenters. The van der Waals surface area contributed by atoms with Crippen LogP contribution in [-0.4, -0.2) is 35.3 Å². The Bertz CT molecular complexity index is 1480. The van der Waals surface area contributed by atoms with Crippen molar-refractivity contribution in [1.29, 1.82) is 0 Å². The summed E-state index contributed by atoms with van der Waals surface area (Å²) in [7, 11) is 0. The molecule has 3 N–H and O–H groups in total. The molecular formula is C20H12FN7S. The van der Waals surface area contributed by atoms with E-state index in [1.54, 1.807) is 30.9 Å². The minimum atomic E-state index is -0.220. The van der Waals surface area contributed by atoms with E-state index in [9.17, 15) is 4.39 Å². The quantitative estimate of drug-likeness (QED) is 0.398. The summed E-state index contributed by atoms with van der Waals surface area (Å²) >= 11 is 1.10. The smallest absolute Gasteiger partial charge is 0.176 e. The zero-order chi connectivity index (χ0) is 19.4. The fraction of sp³-hybridized carbons (Fsp3) is 0. The average molecular weight is 401 g/mol. The molecular weight excluding hydrogens is 389 g/mol. The van der Waals surface area contributed by atoms with Crippen molar-refractivity contribution in [2.75, 3.05) is 0 Å². The molecule has 0 aliphatic carbocycles. The summed E-state index contributed by atoms with van der Waals surface area (Å²) in [6, 6.07) is 9.12. The molecule has 29 heavy (non-hydrogen) atoms. The van der Waals surface area contributed by atoms with Gasteiger partial charge in [0, 0.05) is 33.8 Å². The third-order valence-corrected chi connectivity index (χ3v) is 5.75. The maximum absolute atomic E-state index is 13.5. The fourth-order valence-corrected chi connectivity index (χ4v) is 4.23. The highest BCUT2D eigenvalue weighted by atomic mass is 32.1. The van der Waals surface area contributed by atoms with Gasteiger partial charge in [-0.3, -0.25) is 15.2 Å². The first-order valence-corrected chi connectivity index (χ1v) is 9.65. The van der Waals surface area contributed by atoms with E-state index in [1.165, 1.54) is 6.07 Å². The summed E-state index contributed by atoms with van der Waals surface area (Å²) in [6.07, 6.45) is 7.04. The number of nitrogens with zero attached hydrogens (tertiary/aromatic N) is 4. The van der Waals surface area contributed by atoms with Crippen molar-refractivity contribution in [3.8, 4) is 33.1 Å². The van der Waals surface area contributed by atoms with Gasteiger partial charge in [0.2, 0.25) is 0 Å². The molecule has 140 valence electrons. The summed E-state index contributed by atoms with van der Waals surface area (Å²) < 4.78 is 13.5. The van der Waals surface area contributed by atoms with Crippen LogP contribution in [0.1, 0.15) is 0 Å². The molecule has 0 amide bonds. The maximum atomic E-state index is 13.5. The molecule has 0 saturated carbocycles. The number of pyridine rings is 2. The molecule has 7 nitrogen and oxygen atoms in total. The number of H-pyrrole nitrogens is 3. The third kappa shape index (κ3) is 2.55. The molecule has 0 radical (unpaired) electrons. The normalized spacial score (nSPS) is 11.6. The largest absolute Gasteiger partial charge is 0.352 e. The number of hydrogen-bond acceptors (Lipinski definition) is 5. The minimum Gasteiger partial charge on any atom is -0.352 e. The van der Waals surface area contributed by atoms with Gasteiger partial charge < -0.3 is 4.98 Å². The number of hydrogen-bond donors (Lipinski definition) is 3. The van der Waals surface area contributed by atoms with Crippen molar-refractivity contribution in [3.63, 3.8) is 0 Å². The lowest BCUT2D eigenvalue weighted by atomic mass is 10.1. The van der Waals surface area contributed by atoms with Gasteiger partial charge in [-0.25, -0.2) is 4.98 Å². The van der Waals surface area contributed by atoms with E-state index in [0.717, 1.165) is 60.7 Å². The summed E-state index contributed by atoms with van der Waals surface area (Å²) in [4.78, 5) is 13.3. The average Bonchev–Trinajstić information content (AvgIpc) is 3.51. The first-order valence-electron chi connectivity index (χ1n) is 8.83. The predicted octanol–water partition coefficient (Wildman–Crippen LogP) is 4.76. The minimum absolute atomic E-state index is 0.220. The van der Waals surface area contributed by atoms with Crippen LogP contribution in [0.5, 0.6) is 0 Å². The van der Waals surface area contributed by atoms with Gasteiger partial charge in [0.15, 0.2) is 5.13 Å². The van der Waals surface area contributed by atoms with Gasteiger partial charge in [-0.1, -0.05) is 0 Å². The SMILES string of the molecule is Fc1ccc(-c2cncc3[nH]c(-c4n[nH]c5ccc(-c6cn[nH]c6)nc45)cc23)s1. The molecule has 6 aromatic heterocycles. The second-order valence-corrected chi connectivity index (χ2v) is 7.62. The van der Waals surface area contributed by atoms with Gasteiger partial charge >= 0.3 is 0 Å². The highest BCUT2D eigenvalue weighted by molar-refractivity contribution is 7.14. The molecule has 0 fully saturated rings. The Hall–Kier alpha value is -3.85. The van der Waals surface area contributed by atoms with Gasteiger partial charge in [0.05, 0.1) is 34.8 Å². The zero-order valence-corrected chi connectivity index (χ0v) is 15.6. The van der Waals surface area contributed by atoms with Crippen molar-refractivity contribution in [3.05, 3.63) is 60.3 Å². The Labute approximate surface area is 166 Å². The van der Waals surface area contributed by atoms with Crippen LogP contribution in [0, 0.1) is 5.13 Å². The topological polar surface area (TPSA) is 98.9 Å². The first-order chi connectivity index (χ1) is 14.3. The zero-order valence-electron chi connectivity index (χ0n) is 14.8. The molecule has 0 saturated heterocycles. The number of aromatic amines is 3. The van der Waals surface area contributed by atoms with Crippen LogP contribution in [0.2, 0.25) is 0 Å². The van der Waals surface area contributed by atoms with Crippen LogP contribution >= 0.6 is 11.3 Å². The molecule has 0 spiro atoms. The van der Waals surface area contributed by atoms with Crippen LogP contribution in [0.3, 0.4) is 0 Å². The Balaban J connectivity index is 1.53. The van der Waals surface area contributed by atoms with Crippen molar-refractivity contribution in [2.45, 2.75) is 0 Å². The Morgan fingerprint density at radius 3 is 2.79 bits per heavy atom. The molecule has 6 rings (SSSR count). The van der Waals surface area contributed by atoms with E-state index in [1.807, 2.05) is 18.2 Å². The number of rotatable bonds is 3. The monoisotopic (exact) mass is 401 g/mol. The second-order valence-electron chi connectivity index (χ2n) is 6.59. The fourth-order valence-electron chi connectivity index (χ4n) is 3.47. The van der Waals surface area contributed by atoms with Crippen LogP contribution in [0.25, 0.3) is 55.0 Å². The van der Waals surface area contributed by atoms with Crippen LogP contribution < -0.4 is 0 Å². The van der Waals surface area contributed by atoms with E-state index in [4.69, 9.17) is 4.98 Å². The molecule has 0 atom stereocenters. The Kier molecular flexibility index (Phi) is 3.38. The van der Waals surface area contributed by atoms with Crippen molar-refractivity contribution >= 4 is 33.3 Å². The van der Waals surface area contributed by atoms with E-state index in [2.05, 4.69) is 30.4 Å². The van der Waals surface area contributed by atoms with Gasteiger partial charge in [-0.15, -0.1) is 11.3 Å². The predicted molar refractivity (Wildman–Crippen MR) is 110 cm³/mol. The van der Waals surface area contributed by atoms with E-state index < -0.39 is 0 Å². The lowest BCUT2D eigenvalue weighted by Gasteiger charge is -1.98. The highest BCUT2D eigenvalue weighted by Crippen LogP contribution is 2.35. The molecule has 9 heteroatoms. The van der Waals surface area contributed by atoms with Crippen LogP contribution in [0.15, 0.2) is 55.1 Å². The van der Waals surface area contributed by atoms with Gasteiger partial charge in [0.1, 0.15) is 11.2 Å². The number of nitrogens with one attached hydrogen (secondary N) is 3. The van der Waals surface area contributed by atoms with Gasteiger partial charge in [0.25, 0.3) is 0 Å². The third-order valence-electron chi connectivity index (χ3n) is 4.84. The van der Waals surface area contributed by atoms with Crippen molar-refractivity contribution in [1.82, 2.24) is 35.3 Å². The maximum Gasteiger partial charge on any atom is 0.176 e.